The van der Waals surface area contributed by atoms with Crippen molar-refractivity contribution in [1.82, 2.24) is 4.98 Å². The van der Waals surface area contributed by atoms with Gasteiger partial charge in [0.15, 0.2) is 0 Å². The fourth-order valence-corrected chi connectivity index (χ4v) is 1.13. The number of hydrogen-bond donors (Lipinski definition) is 2. The third kappa shape index (κ3) is 2.01. The number of benzene rings is 1. The van der Waals surface area contributed by atoms with Crippen LogP contribution in [0.2, 0.25) is 0 Å². The van der Waals surface area contributed by atoms with Gasteiger partial charge in [-0.3, -0.25) is 0 Å². The fourth-order valence-electron chi connectivity index (χ4n) is 1.13. The second kappa shape index (κ2) is 3.79. The molecule has 0 unspecified atom stereocenters. The minimum absolute atomic E-state index is 0.0116. The number of aromatic nitrogens is 1. The molecule has 1 radical (unpaired) electrons. The number of hydrogen-bond acceptors (Lipinski definition) is 3. The Morgan fingerprint density at radius 3 is 2.64 bits per heavy atom. The second-order valence-electron chi connectivity index (χ2n) is 2.82. The van der Waals surface area contributed by atoms with Crippen molar-refractivity contribution in [2.75, 3.05) is 5.32 Å². The molecule has 2 N–H and O–H groups in total. The molecule has 0 aliphatic carbocycles. The van der Waals surface area contributed by atoms with Gasteiger partial charge in [0.25, 0.3) is 0 Å². The zero-order chi connectivity index (χ0) is 9.80. The first-order chi connectivity index (χ1) is 6.84. The van der Waals surface area contributed by atoms with Crippen LogP contribution in [0.3, 0.4) is 0 Å². The molecular formula is C11H9N2O. The Labute approximate surface area is 82.1 Å². The first-order valence-electron chi connectivity index (χ1n) is 4.23. The quantitative estimate of drug-likeness (QED) is 0.754. The van der Waals surface area contributed by atoms with Crippen molar-refractivity contribution in [3.63, 3.8) is 0 Å². The lowest BCUT2D eigenvalue weighted by Crippen LogP contribution is -1.89. The molecular weight excluding hydrogens is 176 g/mol. The van der Waals surface area contributed by atoms with Gasteiger partial charge in [0.05, 0.1) is 0 Å². The van der Waals surface area contributed by atoms with E-state index in [4.69, 9.17) is 5.11 Å². The van der Waals surface area contributed by atoms with E-state index in [9.17, 15) is 0 Å². The molecule has 1 aromatic carbocycles. The maximum Gasteiger partial charge on any atom is 0.212 e. The number of nitrogens with zero attached hydrogens (tertiary/aromatic N) is 1. The van der Waals surface area contributed by atoms with Crippen LogP contribution in [0.5, 0.6) is 5.88 Å². The summed E-state index contributed by atoms with van der Waals surface area (Å²) in [6.45, 7) is 0. The van der Waals surface area contributed by atoms with Gasteiger partial charge >= 0.3 is 0 Å². The van der Waals surface area contributed by atoms with Gasteiger partial charge < -0.3 is 10.4 Å². The van der Waals surface area contributed by atoms with Gasteiger partial charge in [-0.25, -0.2) is 4.98 Å². The number of nitrogens with one attached hydrogen (secondary N) is 1. The third-order valence-electron chi connectivity index (χ3n) is 1.75. The summed E-state index contributed by atoms with van der Waals surface area (Å²) < 4.78 is 0. The van der Waals surface area contributed by atoms with Crippen LogP contribution in [0, 0.1) is 6.07 Å². The van der Waals surface area contributed by atoms with E-state index in [1.165, 1.54) is 0 Å². The summed E-state index contributed by atoms with van der Waals surface area (Å²) in [6, 6.07) is 13.7. The molecule has 0 amide bonds. The summed E-state index contributed by atoms with van der Waals surface area (Å²) in [6.07, 6.45) is 1.55. The van der Waals surface area contributed by atoms with Gasteiger partial charge in [0.1, 0.15) is 0 Å². The SMILES string of the molecule is Oc1cc(Nc2cc[c]cc2)ccn1. The molecule has 3 heteroatoms. The van der Waals surface area contributed by atoms with Crippen molar-refractivity contribution in [3.05, 3.63) is 48.7 Å². The number of anilines is 2. The molecule has 0 saturated heterocycles. The molecule has 3 nitrogen and oxygen atoms in total. The highest BCUT2D eigenvalue weighted by Crippen LogP contribution is 2.17. The summed E-state index contributed by atoms with van der Waals surface area (Å²) in [5.41, 5.74) is 1.76. The molecule has 0 bridgehead atoms. The summed E-state index contributed by atoms with van der Waals surface area (Å²) in [5, 5.41) is 12.3. The summed E-state index contributed by atoms with van der Waals surface area (Å²) >= 11 is 0. The molecule has 0 saturated carbocycles. The van der Waals surface area contributed by atoms with Gasteiger partial charge in [0.2, 0.25) is 5.88 Å². The lowest BCUT2D eigenvalue weighted by atomic mass is 10.3. The standard InChI is InChI=1S/C11H9N2O/c14-11-8-10(6-7-12-11)13-9-4-2-1-3-5-9/h2-8H,(H2,12,13,14). The fraction of sp³-hybridized carbons (Fsp3) is 0. The monoisotopic (exact) mass is 185 g/mol. The number of rotatable bonds is 2. The first kappa shape index (κ1) is 8.56. The lowest BCUT2D eigenvalue weighted by molar-refractivity contribution is 0.454. The number of aromatic hydroxyl groups is 1. The van der Waals surface area contributed by atoms with Gasteiger partial charge in [0, 0.05) is 23.6 Å². The van der Waals surface area contributed by atoms with E-state index in [1.54, 1.807) is 18.3 Å². The molecule has 0 fully saturated rings. The van der Waals surface area contributed by atoms with E-state index >= 15 is 0 Å². The molecule has 2 rings (SSSR count). The van der Waals surface area contributed by atoms with E-state index in [0.29, 0.717) is 0 Å². The molecule has 0 aliphatic rings. The lowest BCUT2D eigenvalue weighted by Gasteiger charge is -2.05. The Bertz CT molecular complexity index is 415. The molecule has 0 aliphatic heterocycles. The zero-order valence-electron chi connectivity index (χ0n) is 7.44. The third-order valence-corrected chi connectivity index (χ3v) is 1.75. The van der Waals surface area contributed by atoms with Crippen LogP contribution in [0.25, 0.3) is 0 Å². The Morgan fingerprint density at radius 1 is 1.14 bits per heavy atom. The summed E-state index contributed by atoms with van der Waals surface area (Å²) in [4.78, 5) is 3.69. The Morgan fingerprint density at radius 2 is 1.93 bits per heavy atom. The molecule has 14 heavy (non-hydrogen) atoms. The summed E-state index contributed by atoms with van der Waals surface area (Å²) in [5.74, 6) is 0.0116. The topological polar surface area (TPSA) is 45.1 Å². The van der Waals surface area contributed by atoms with Crippen molar-refractivity contribution in [2.24, 2.45) is 0 Å². The minimum Gasteiger partial charge on any atom is -0.493 e. The normalized spacial score (nSPS) is 9.71. The van der Waals surface area contributed by atoms with Gasteiger partial charge in [-0.1, -0.05) is 12.1 Å². The highest BCUT2D eigenvalue weighted by Gasteiger charge is 1.94. The van der Waals surface area contributed by atoms with E-state index < -0.39 is 0 Å². The highest BCUT2D eigenvalue weighted by atomic mass is 16.3. The van der Waals surface area contributed by atoms with Crippen molar-refractivity contribution in [1.29, 1.82) is 0 Å². The number of pyridine rings is 1. The highest BCUT2D eigenvalue weighted by molar-refractivity contribution is 5.59. The van der Waals surface area contributed by atoms with Crippen LogP contribution in [-0.2, 0) is 0 Å². The molecule has 2 aromatic rings. The van der Waals surface area contributed by atoms with E-state index in [2.05, 4.69) is 16.4 Å². The van der Waals surface area contributed by atoms with Crippen LogP contribution >= 0.6 is 0 Å². The van der Waals surface area contributed by atoms with Gasteiger partial charge in [-0.15, -0.1) is 0 Å². The first-order valence-corrected chi connectivity index (χ1v) is 4.23. The van der Waals surface area contributed by atoms with Crippen LogP contribution in [-0.4, -0.2) is 10.1 Å². The van der Waals surface area contributed by atoms with Crippen molar-refractivity contribution in [2.45, 2.75) is 0 Å². The largest absolute Gasteiger partial charge is 0.493 e. The van der Waals surface area contributed by atoms with E-state index in [0.717, 1.165) is 11.4 Å². The minimum atomic E-state index is 0.0116. The molecule has 0 atom stereocenters. The average molecular weight is 185 g/mol. The van der Waals surface area contributed by atoms with Crippen LogP contribution in [0.1, 0.15) is 0 Å². The van der Waals surface area contributed by atoms with Crippen LogP contribution < -0.4 is 5.32 Å². The predicted molar refractivity (Wildman–Crippen MR) is 54.5 cm³/mol. The molecule has 1 heterocycles. The molecule has 1 aromatic heterocycles. The van der Waals surface area contributed by atoms with Crippen LogP contribution in [0.4, 0.5) is 11.4 Å². The summed E-state index contributed by atoms with van der Waals surface area (Å²) in [7, 11) is 0. The van der Waals surface area contributed by atoms with Crippen molar-refractivity contribution < 1.29 is 5.11 Å². The zero-order valence-corrected chi connectivity index (χ0v) is 7.44. The van der Waals surface area contributed by atoms with Gasteiger partial charge in [-0.05, 0) is 24.3 Å². The Hall–Kier alpha value is -2.03. The van der Waals surface area contributed by atoms with Crippen LogP contribution in [0.15, 0.2) is 42.6 Å². The smallest absolute Gasteiger partial charge is 0.212 e. The maximum atomic E-state index is 9.13. The van der Waals surface area contributed by atoms with Gasteiger partial charge in [-0.2, -0.15) is 0 Å². The van der Waals surface area contributed by atoms with E-state index in [1.807, 2.05) is 24.3 Å². The van der Waals surface area contributed by atoms with Crippen molar-refractivity contribution >= 4 is 11.4 Å². The second-order valence-corrected chi connectivity index (χ2v) is 2.82. The molecule has 69 valence electrons. The van der Waals surface area contributed by atoms with E-state index in [-0.39, 0.29) is 5.88 Å². The Kier molecular flexibility index (Phi) is 2.32. The van der Waals surface area contributed by atoms with Crippen molar-refractivity contribution in [3.8, 4) is 5.88 Å². The predicted octanol–water partition coefficient (Wildman–Crippen LogP) is 2.33. The molecule has 0 spiro atoms. The average Bonchev–Trinajstić information content (AvgIpc) is 2.19. The maximum absolute atomic E-state index is 9.13. The Balaban J connectivity index is 2.19.